The first-order valence-corrected chi connectivity index (χ1v) is 6.36. The smallest absolute Gasteiger partial charge is 0.272 e. The number of carbonyl (C=O) groups excluding carboxylic acids is 2. The molecule has 5 nitrogen and oxygen atoms in total. The van der Waals surface area contributed by atoms with Gasteiger partial charge in [0, 0.05) is 35.3 Å². The van der Waals surface area contributed by atoms with E-state index in [1.165, 1.54) is 18.5 Å². The first-order valence-electron chi connectivity index (χ1n) is 6.36. The number of nitrogens with two attached hydrogens (primary N) is 1. The van der Waals surface area contributed by atoms with Gasteiger partial charge in [-0.25, -0.2) is 10.9 Å². The van der Waals surface area contributed by atoms with E-state index >= 15 is 0 Å². The number of rotatable bonds is 4. The Kier molecular flexibility index (Phi) is 4.58. The molecule has 106 valence electrons. The molecule has 0 radical (unpaired) electrons. The van der Waals surface area contributed by atoms with Crippen LogP contribution in [0.4, 0.5) is 0 Å². The van der Waals surface area contributed by atoms with Gasteiger partial charge in [0.25, 0.3) is 5.91 Å². The topological polar surface area (TPSA) is 76.3 Å². The molecule has 0 spiro atoms. The summed E-state index contributed by atoms with van der Waals surface area (Å²) in [6, 6.07) is 11.9. The summed E-state index contributed by atoms with van der Waals surface area (Å²) in [5, 5.41) is 0.955. The second-order valence-corrected chi connectivity index (χ2v) is 4.43. The summed E-state index contributed by atoms with van der Waals surface area (Å²) in [4.78, 5) is 28.0. The Balaban J connectivity index is 2.15. The lowest BCUT2D eigenvalue weighted by Gasteiger charge is -2.16. The van der Waals surface area contributed by atoms with Crippen molar-refractivity contribution in [2.24, 2.45) is 5.84 Å². The third-order valence-electron chi connectivity index (χ3n) is 2.92. The third-order valence-corrected chi connectivity index (χ3v) is 2.92. The molecule has 0 aliphatic rings. The Hall–Kier alpha value is -2.79. The molecule has 1 heterocycles. The normalized spacial score (nSPS) is 11.0. The molecule has 0 atom stereocenters. The van der Waals surface area contributed by atoms with Gasteiger partial charge in [-0.3, -0.25) is 14.6 Å². The van der Waals surface area contributed by atoms with Gasteiger partial charge in [0.1, 0.15) is 0 Å². The number of pyridine rings is 1. The fourth-order valence-corrected chi connectivity index (χ4v) is 1.74. The molecule has 5 heteroatoms. The number of hydrogen-bond donors (Lipinski definition) is 1. The van der Waals surface area contributed by atoms with Gasteiger partial charge < -0.3 is 0 Å². The molecule has 0 saturated carbocycles. The zero-order valence-corrected chi connectivity index (χ0v) is 11.6. The van der Waals surface area contributed by atoms with Gasteiger partial charge in [0.15, 0.2) is 5.78 Å². The van der Waals surface area contributed by atoms with Crippen LogP contribution in [0.15, 0.2) is 66.6 Å². The number of nitrogens with zero attached hydrogens (tertiary/aromatic N) is 2. The van der Waals surface area contributed by atoms with E-state index in [-0.39, 0.29) is 5.78 Å². The van der Waals surface area contributed by atoms with Crippen molar-refractivity contribution in [2.45, 2.75) is 6.92 Å². The van der Waals surface area contributed by atoms with Gasteiger partial charge in [0.2, 0.25) is 0 Å². The van der Waals surface area contributed by atoms with Crippen molar-refractivity contribution in [3.8, 4) is 0 Å². The fraction of sp³-hybridized carbons (Fsp3) is 0.0625. The minimum absolute atomic E-state index is 0.203. The van der Waals surface area contributed by atoms with Crippen LogP contribution in [0.2, 0.25) is 0 Å². The zero-order valence-electron chi connectivity index (χ0n) is 11.6. The van der Waals surface area contributed by atoms with Gasteiger partial charge in [-0.2, -0.15) is 0 Å². The van der Waals surface area contributed by atoms with Crippen LogP contribution in [0.5, 0.6) is 0 Å². The van der Waals surface area contributed by atoms with E-state index < -0.39 is 5.91 Å². The minimum Gasteiger partial charge on any atom is -0.289 e. The van der Waals surface area contributed by atoms with Gasteiger partial charge in [-0.1, -0.05) is 30.3 Å². The van der Waals surface area contributed by atoms with Crippen molar-refractivity contribution < 1.29 is 9.59 Å². The average molecular weight is 281 g/mol. The van der Waals surface area contributed by atoms with E-state index in [2.05, 4.69) is 4.98 Å². The van der Waals surface area contributed by atoms with Crippen LogP contribution in [-0.2, 0) is 0 Å². The number of carbonyl (C=O) groups is 2. The summed E-state index contributed by atoms with van der Waals surface area (Å²) in [5.74, 6) is 5.16. The minimum atomic E-state index is -0.396. The SMILES string of the molecule is CC(=CC(=O)c1ccccc1)N(N)C(=O)c1ccncc1. The Bertz CT molecular complexity index is 666. The van der Waals surface area contributed by atoms with Crippen LogP contribution < -0.4 is 5.84 Å². The molecule has 2 aromatic rings. The van der Waals surface area contributed by atoms with Gasteiger partial charge in [0.05, 0.1) is 0 Å². The summed E-state index contributed by atoms with van der Waals surface area (Å²) < 4.78 is 0. The Morgan fingerprint density at radius 2 is 1.67 bits per heavy atom. The van der Waals surface area contributed by atoms with E-state index in [4.69, 9.17) is 5.84 Å². The number of benzene rings is 1. The lowest BCUT2D eigenvalue weighted by molar-refractivity contribution is 0.0805. The van der Waals surface area contributed by atoms with E-state index in [9.17, 15) is 9.59 Å². The van der Waals surface area contributed by atoms with E-state index in [1.807, 2.05) is 6.07 Å². The number of aromatic nitrogens is 1. The predicted octanol–water partition coefficient (Wildman–Crippen LogP) is 2.18. The highest BCUT2D eigenvalue weighted by Crippen LogP contribution is 2.08. The first kappa shape index (κ1) is 14.6. The lowest BCUT2D eigenvalue weighted by Crippen LogP contribution is -2.36. The summed E-state index contributed by atoms with van der Waals surface area (Å²) in [5.41, 5.74) is 1.32. The number of allylic oxidation sites excluding steroid dienone is 2. The maximum atomic E-state index is 12.1. The summed E-state index contributed by atoms with van der Waals surface area (Å²) in [7, 11) is 0. The molecule has 0 aliphatic heterocycles. The highest BCUT2D eigenvalue weighted by Gasteiger charge is 2.14. The molecule has 0 unspecified atom stereocenters. The second-order valence-electron chi connectivity index (χ2n) is 4.43. The van der Waals surface area contributed by atoms with Crippen molar-refractivity contribution in [2.75, 3.05) is 0 Å². The van der Waals surface area contributed by atoms with Crippen molar-refractivity contribution in [1.82, 2.24) is 9.99 Å². The average Bonchev–Trinajstić information content (AvgIpc) is 2.55. The zero-order chi connectivity index (χ0) is 15.2. The first-order chi connectivity index (χ1) is 10.1. The number of hydrogen-bond acceptors (Lipinski definition) is 4. The molecule has 2 rings (SSSR count). The highest BCUT2D eigenvalue weighted by atomic mass is 16.2. The van der Waals surface area contributed by atoms with Gasteiger partial charge in [-0.15, -0.1) is 0 Å². The van der Waals surface area contributed by atoms with Crippen LogP contribution in [0.25, 0.3) is 0 Å². The molecule has 2 N–H and O–H groups in total. The molecular formula is C16H15N3O2. The quantitative estimate of drug-likeness (QED) is 0.306. The van der Waals surface area contributed by atoms with Crippen molar-refractivity contribution in [1.29, 1.82) is 0 Å². The second kappa shape index (κ2) is 6.58. The molecule has 1 amide bonds. The van der Waals surface area contributed by atoms with E-state index in [0.29, 0.717) is 16.8 Å². The molecule has 1 aromatic carbocycles. The molecular weight excluding hydrogens is 266 g/mol. The standard InChI is InChI=1S/C16H15N3O2/c1-12(11-15(20)13-5-3-2-4-6-13)19(17)16(21)14-7-9-18-10-8-14/h2-11H,17H2,1H3. The van der Waals surface area contributed by atoms with Crippen molar-refractivity contribution in [3.63, 3.8) is 0 Å². The summed E-state index contributed by atoms with van der Waals surface area (Å²) in [6.07, 6.45) is 4.36. The molecule has 0 bridgehead atoms. The Morgan fingerprint density at radius 3 is 2.29 bits per heavy atom. The van der Waals surface area contributed by atoms with E-state index in [0.717, 1.165) is 5.01 Å². The van der Waals surface area contributed by atoms with Crippen molar-refractivity contribution >= 4 is 11.7 Å². The third kappa shape index (κ3) is 3.61. The van der Waals surface area contributed by atoms with Crippen molar-refractivity contribution in [3.05, 3.63) is 77.8 Å². The van der Waals surface area contributed by atoms with Crippen LogP contribution in [0.1, 0.15) is 27.6 Å². The highest BCUT2D eigenvalue weighted by molar-refractivity contribution is 6.05. The molecule has 1 aromatic heterocycles. The molecule has 0 aliphatic carbocycles. The van der Waals surface area contributed by atoms with Crippen LogP contribution in [0.3, 0.4) is 0 Å². The maximum Gasteiger partial charge on any atom is 0.272 e. The Morgan fingerprint density at radius 1 is 1.05 bits per heavy atom. The van der Waals surface area contributed by atoms with Crippen LogP contribution in [-0.4, -0.2) is 21.7 Å². The largest absolute Gasteiger partial charge is 0.289 e. The van der Waals surface area contributed by atoms with Gasteiger partial charge in [-0.05, 0) is 19.1 Å². The van der Waals surface area contributed by atoms with E-state index in [1.54, 1.807) is 43.3 Å². The predicted molar refractivity (Wildman–Crippen MR) is 79.1 cm³/mol. The van der Waals surface area contributed by atoms with Crippen LogP contribution in [0, 0.1) is 0 Å². The maximum absolute atomic E-state index is 12.1. The van der Waals surface area contributed by atoms with Gasteiger partial charge >= 0.3 is 0 Å². The monoisotopic (exact) mass is 281 g/mol. The number of ketones is 1. The van der Waals surface area contributed by atoms with Crippen LogP contribution >= 0.6 is 0 Å². The number of hydrazine groups is 1. The number of amides is 1. The molecule has 0 saturated heterocycles. The molecule has 0 fully saturated rings. The fourth-order valence-electron chi connectivity index (χ4n) is 1.74. The Labute approximate surface area is 122 Å². The molecule has 21 heavy (non-hydrogen) atoms. The lowest BCUT2D eigenvalue weighted by atomic mass is 10.1. The summed E-state index contributed by atoms with van der Waals surface area (Å²) in [6.45, 7) is 1.61. The summed E-state index contributed by atoms with van der Waals surface area (Å²) >= 11 is 0.